The van der Waals surface area contributed by atoms with E-state index in [1.165, 1.54) is 16.7 Å². The molecular formula is C34H50O6S. The van der Waals surface area contributed by atoms with Crippen molar-refractivity contribution in [1.29, 1.82) is 0 Å². The predicted molar refractivity (Wildman–Crippen MR) is 168 cm³/mol. The van der Waals surface area contributed by atoms with Gasteiger partial charge in [-0.25, -0.2) is 0 Å². The van der Waals surface area contributed by atoms with Gasteiger partial charge in [0.15, 0.2) is 0 Å². The van der Waals surface area contributed by atoms with E-state index < -0.39 is 0 Å². The number of carbonyl (C=O) groups excluding carboxylic acids is 2. The Labute approximate surface area is 251 Å². The van der Waals surface area contributed by atoms with Gasteiger partial charge >= 0.3 is 11.9 Å². The molecule has 0 aromatic heterocycles. The maximum Gasteiger partial charge on any atom is 0.306 e. The minimum atomic E-state index is -0.259. The Bertz CT molecular complexity index is 1140. The summed E-state index contributed by atoms with van der Waals surface area (Å²) < 4.78 is 16.2. The van der Waals surface area contributed by atoms with Crippen molar-refractivity contribution in [2.75, 3.05) is 37.9 Å². The lowest BCUT2D eigenvalue weighted by Crippen LogP contribution is -2.14. The first kappa shape index (κ1) is 34.7. The molecule has 0 amide bonds. The summed E-state index contributed by atoms with van der Waals surface area (Å²) >= 11 is 1.66. The highest BCUT2D eigenvalue weighted by atomic mass is 32.2. The van der Waals surface area contributed by atoms with Crippen molar-refractivity contribution in [1.82, 2.24) is 0 Å². The second-order valence-electron chi connectivity index (χ2n) is 12.7. The monoisotopic (exact) mass is 586 g/mol. The van der Waals surface area contributed by atoms with Crippen LogP contribution in [0.4, 0.5) is 0 Å². The SMILES string of the molecule is Cc1cc(CCC(=O)OCCSCCOCCOC(=O)CCc2cc(C)c(O)c(C(C)(C)C)c2)cc(C(C)(C)C)c1. The maximum absolute atomic E-state index is 12.1. The molecule has 2 aromatic rings. The van der Waals surface area contributed by atoms with Crippen LogP contribution in [-0.2, 0) is 47.5 Å². The third-order valence-corrected chi connectivity index (χ3v) is 7.67. The van der Waals surface area contributed by atoms with Gasteiger partial charge in [0.05, 0.1) is 13.2 Å². The Hall–Kier alpha value is -2.51. The van der Waals surface area contributed by atoms with Crippen molar-refractivity contribution in [3.05, 3.63) is 63.7 Å². The predicted octanol–water partition coefficient (Wildman–Crippen LogP) is 7.01. The van der Waals surface area contributed by atoms with E-state index in [1.807, 2.05) is 19.1 Å². The summed E-state index contributed by atoms with van der Waals surface area (Å²) in [4.78, 5) is 24.3. The lowest BCUT2D eigenvalue weighted by atomic mass is 9.83. The van der Waals surface area contributed by atoms with Gasteiger partial charge in [-0.2, -0.15) is 11.8 Å². The average molecular weight is 587 g/mol. The molecule has 0 bridgehead atoms. The van der Waals surface area contributed by atoms with E-state index in [9.17, 15) is 14.7 Å². The van der Waals surface area contributed by atoms with Crippen LogP contribution >= 0.6 is 11.8 Å². The summed E-state index contributed by atoms with van der Waals surface area (Å²) in [6.45, 7) is 18.2. The number of hydrogen-bond donors (Lipinski definition) is 1. The number of benzene rings is 2. The second-order valence-corrected chi connectivity index (χ2v) is 13.9. The van der Waals surface area contributed by atoms with Crippen LogP contribution in [0, 0.1) is 13.8 Å². The number of esters is 2. The van der Waals surface area contributed by atoms with Crippen molar-refractivity contribution in [2.45, 2.75) is 91.9 Å². The first-order valence-electron chi connectivity index (χ1n) is 14.6. The van der Waals surface area contributed by atoms with Gasteiger partial charge in [0, 0.05) is 24.3 Å². The summed E-state index contributed by atoms with van der Waals surface area (Å²) in [5, 5.41) is 10.4. The van der Waals surface area contributed by atoms with E-state index in [4.69, 9.17) is 14.2 Å². The molecule has 0 unspecified atom stereocenters. The molecule has 2 rings (SSSR count). The van der Waals surface area contributed by atoms with E-state index >= 15 is 0 Å². The van der Waals surface area contributed by atoms with E-state index in [0.717, 1.165) is 28.2 Å². The van der Waals surface area contributed by atoms with Crippen LogP contribution in [0.25, 0.3) is 0 Å². The number of ether oxygens (including phenoxy) is 3. The number of phenols is 1. The van der Waals surface area contributed by atoms with Gasteiger partial charge < -0.3 is 19.3 Å². The summed E-state index contributed by atoms with van der Waals surface area (Å²) in [6, 6.07) is 10.4. The molecule has 1 N–H and O–H groups in total. The van der Waals surface area contributed by atoms with Gasteiger partial charge in [0.2, 0.25) is 0 Å². The zero-order chi connectivity index (χ0) is 30.6. The van der Waals surface area contributed by atoms with E-state index in [0.29, 0.717) is 44.8 Å². The molecule has 0 spiro atoms. The normalized spacial score (nSPS) is 11.9. The number of rotatable bonds is 15. The molecule has 0 saturated carbocycles. The molecule has 228 valence electrons. The van der Waals surface area contributed by atoms with Crippen molar-refractivity contribution >= 4 is 23.7 Å². The van der Waals surface area contributed by atoms with Crippen molar-refractivity contribution < 1.29 is 28.9 Å². The van der Waals surface area contributed by atoms with Crippen molar-refractivity contribution in [3.63, 3.8) is 0 Å². The number of hydrogen-bond acceptors (Lipinski definition) is 7. The van der Waals surface area contributed by atoms with Crippen LogP contribution in [0.1, 0.15) is 87.8 Å². The number of thioether (sulfide) groups is 1. The van der Waals surface area contributed by atoms with Gasteiger partial charge in [0.1, 0.15) is 19.0 Å². The lowest BCUT2D eigenvalue weighted by Gasteiger charge is -2.22. The highest BCUT2D eigenvalue weighted by molar-refractivity contribution is 7.99. The van der Waals surface area contributed by atoms with Gasteiger partial charge in [-0.15, -0.1) is 0 Å². The molecule has 0 aliphatic rings. The van der Waals surface area contributed by atoms with Crippen LogP contribution in [0.5, 0.6) is 5.75 Å². The van der Waals surface area contributed by atoms with Crippen LogP contribution in [0.2, 0.25) is 0 Å². The number of aromatic hydroxyl groups is 1. The molecule has 0 atom stereocenters. The van der Waals surface area contributed by atoms with E-state index in [1.54, 1.807) is 11.8 Å². The fraction of sp³-hybridized carbons (Fsp3) is 0.588. The quantitative estimate of drug-likeness (QED) is 0.178. The summed E-state index contributed by atoms with van der Waals surface area (Å²) in [7, 11) is 0. The minimum Gasteiger partial charge on any atom is -0.507 e. The number of carbonyl (C=O) groups is 2. The molecule has 0 fully saturated rings. The van der Waals surface area contributed by atoms with Crippen LogP contribution in [0.3, 0.4) is 0 Å². The summed E-state index contributed by atoms with van der Waals surface area (Å²) in [5.41, 5.74) is 6.30. The Morgan fingerprint density at radius 1 is 0.732 bits per heavy atom. The molecule has 0 saturated heterocycles. The smallest absolute Gasteiger partial charge is 0.306 e. The standard InChI is InChI=1S/C34H50O6S/c1-24-19-26(22-28(20-24)33(3,4)5)9-11-31(36)40-16-18-41-17-15-38-13-14-39-30(35)12-10-27-21-25(2)32(37)29(23-27)34(6,7)8/h19-23,37H,9-18H2,1-8H3. The Balaban J connectivity index is 1.51. The first-order valence-corrected chi connectivity index (χ1v) is 15.7. The van der Waals surface area contributed by atoms with Gasteiger partial charge in [-0.1, -0.05) is 77.4 Å². The zero-order valence-electron chi connectivity index (χ0n) is 26.4. The van der Waals surface area contributed by atoms with E-state index in [-0.39, 0.29) is 35.8 Å². The van der Waals surface area contributed by atoms with Crippen molar-refractivity contribution in [2.24, 2.45) is 0 Å². The minimum absolute atomic E-state index is 0.0818. The van der Waals surface area contributed by atoms with Gasteiger partial charge in [-0.3, -0.25) is 9.59 Å². The highest BCUT2D eigenvalue weighted by Gasteiger charge is 2.20. The fourth-order valence-electron chi connectivity index (χ4n) is 4.40. The zero-order valence-corrected chi connectivity index (χ0v) is 27.2. The molecular weight excluding hydrogens is 536 g/mol. The van der Waals surface area contributed by atoms with Crippen molar-refractivity contribution in [3.8, 4) is 5.75 Å². The third-order valence-electron chi connectivity index (χ3n) is 6.76. The second kappa shape index (κ2) is 16.2. The molecule has 2 aromatic carbocycles. The fourth-order valence-corrected chi connectivity index (χ4v) is 5.04. The van der Waals surface area contributed by atoms with Crippen LogP contribution in [0.15, 0.2) is 30.3 Å². The average Bonchev–Trinajstić information content (AvgIpc) is 2.87. The molecule has 41 heavy (non-hydrogen) atoms. The Morgan fingerprint density at radius 2 is 1.32 bits per heavy atom. The Morgan fingerprint density at radius 3 is 1.93 bits per heavy atom. The maximum atomic E-state index is 12.1. The van der Waals surface area contributed by atoms with E-state index in [2.05, 4.69) is 66.7 Å². The van der Waals surface area contributed by atoms with Crippen LogP contribution in [-0.4, -0.2) is 55.0 Å². The molecule has 0 aliphatic heterocycles. The number of phenolic OH excluding ortho intramolecular Hbond substituents is 1. The highest BCUT2D eigenvalue weighted by Crippen LogP contribution is 2.34. The largest absolute Gasteiger partial charge is 0.507 e. The summed E-state index contributed by atoms with van der Waals surface area (Å²) in [5.74, 6) is 1.39. The van der Waals surface area contributed by atoms with Gasteiger partial charge in [-0.05, 0) is 65.3 Å². The summed E-state index contributed by atoms with van der Waals surface area (Å²) in [6.07, 6.45) is 1.91. The third kappa shape index (κ3) is 12.9. The lowest BCUT2D eigenvalue weighted by molar-refractivity contribution is -0.145. The van der Waals surface area contributed by atoms with Crippen LogP contribution < -0.4 is 0 Å². The molecule has 0 aliphatic carbocycles. The first-order chi connectivity index (χ1) is 19.2. The molecule has 0 radical (unpaired) electrons. The topological polar surface area (TPSA) is 82.1 Å². The molecule has 7 heteroatoms. The number of aryl methyl sites for hydroxylation is 4. The molecule has 0 heterocycles. The Kier molecular flexibility index (Phi) is 13.7. The molecule has 6 nitrogen and oxygen atoms in total. The van der Waals surface area contributed by atoms with Gasteiger partial charge in [0.25, 0.3) is 0 Å².